The molecule has 0 N–H and O–H groups in total. The first kappa shape index (κ1) is 15.1. The van der Waals surface area contributed by atoms with E-state index in [1.807, 2.05) is 12.2 Å². The number of hydrogen-bond acceptors (Lipinski definition) is 5. The predicted molar refractivity (Wildman–Crippen MR) is 82.1 cm³/mol. The second-order valence-corrected chi connectivity index (χ2v) is 6.39. The zero-order valence-corrected chi connectivity index (χ0v) is 13.2. The number of rotatable bonds is 4. The highest BCUT2D eigenvalue weighted by Crippen LogP contribution is 2.52. The lowest BCUT2D eigenvalue weighted by atomic mass is 9.85. The van der Waals surface area contributed by atoms with Crippen LogP contribution in [0.25, 0.3) is 0 Å². The van der Waals surface area contributed by atoms with Crippen LogP contribution in [0, 0.1) is 23.7 Å². The van der Waals surface area contributed by atoms with E-state index in [1.165, 1.54) is 7.11 Å². The topological polar surface area (TPSA) is 72.9 Å². The van der Waals surface area contributed by atoms with Gasteiger partial charge in [0.15, 0.2) is 0 Å². The summed E-state index contributed by atoms with van der Waals surface area (Å²) in [6, 6.07) is 6.81. The van der Waals surface area contributed by atoms with Crippen molar-refractivity contribution in [3.8, 4) is 0 Å². The summed E-state index contributed by atoms with van der Waals surface area (Å²) in [5.41, 5.74) is 0.934. The van der Waals surface area contributed by atoms with Crippen molar-refractivity contribution < 1.29 is 24.0 Å². The Balaban J connectivity index is 1.51. The molecule has 2 bridgehead atoms. The number of ether oxygens (including phenoxy) is 1. The van der Waals surface area contributed by atoms with Crippen LogP contribution in [0.2, 0.25) is 0 Å². The molecule has 2 aliphatic carbocycles. The number of esters is 1. The van der Waals surface area contributed by atoms with Crippen LogP contribution in [0.4, 0.5) is 0 Å². The fourth-order valence-corrected chi connectivity index (χ4v) is 4.09. The molecule has 4 atom stereocenters. The smallest absolute Gasteiger partial charge is 0.338 e. The van der Waals surface area contributed by atoms with Crippen LogP contribution in [0.3, 0.4) is 0 Å². The summed E-state index contributed by atoms with van der Waals surface area (Å²) in [5.74, 6) is -1.30. The van der Waals surface area contributed by atoms with E-state index in [2.05, 4.69) is 0 Å². The minimum atomic E-state index is -0.479. The zero-order valence-electron chi connectivity index (χ0n) is 13.2. The Morgan fingerprint density at radius 1 is 1.12 bits per heavy atom. The molecule has 1 aromatic rings. The Kier molecular flexibility index (Phi) is 3.49. The van der Waals surface area contributed by atoms with Gasteiger partial charge in [-0.05, 0) is 29.9 Å². The van der Waals surface area contributed by atoms with E-state index in [1.54, 1.807) is 24.3 Å². The number of methoxy groups -OCH3 is 1. The molecule has 24 heavy (non-hydrogen) atoms. The molecule has 2 amide bonds. The highest BCUT2D eigenvalue weighted by Gasteiger charge is 2.60. The molecule has 2 fully saturated rings. The SMILES string of the molecule is COC(=O)c1ccccc1CON1C(=O)C2C3C=CC(C3)C2C1=O. The van der Waals surface area contributed by atoms with Crippen molar-refractivity contribution in [3.63, 3.8) is 0 Å². The van der Waals surface area contributed by atoms with Crippen LogP contribution in [0.15, 0.2) is 36.4 Å². The summed E-state index contributed by atoms with van der Waals surface area (Å²) in [5, 5.41) is 0.898. The minimum Gasteiger partial charge on any atom is -0.465 e. The molecule has 6 heteroatoms. The average Bonchev–Trinajstić information content (AvgIpc) is 3.28. The molecule has 0 aromatic heterocycles. The Bertz CT molecular complexity index is 726. The monoisotopic (exact) mass is 327 g/mol. The lowest BCUT2D eigenvalue weighted by Gasteiger charge is -2.17. The van der Waals surface area contributed by atoms with Crippen molar-refractivity contribution in [1.82, 2.24) is 5.06 Å². The summed E-state index contributed by atoms with van der Waals surface area (Å²) >= 11 is 0. The van der Waals surface area contributed by atoms with Crippen LogP contribution >= 0.6 is 0 Å². The van der Waals surface area contributed by atoms with Crippen molar-refractivity contribution in [1.29, 1.82) is 0 Å². The summed E-state index contributed by atoms with van der Waals surface area (Å²) in [4.78, 5) is 42.4. The van der Waals surface area contributed by atoms with E-state index >= 15 is 0 Å². The van der Waals surface area contributed by atoms with Gasteiger partial charge < -0.3 is 4.74 Å². The predicted octanol–water partition coefficient (Wildman–Crippen LogP) is 1.71. The van der Waals surface area contributed by atoms with Gasteiger partial charge in [0.25, 0.3) is 11.8 Å². The number of nitrogens with zero attached hydrogens (tertiary/aromatic N) is 1. The summed E-state index contributed by atoms with van der Waals surface area (Å²) in [6.07, 6.45) is 4.95. The highest BCUT2D eigenvalue weighted by atomic mass is 16.7. The average molecular weight is 327 g/mol. The van der Waals surface area contributed by atoms with Crippen molar-refractivity contribution in [3.05, 3.63) is 47.5 Å². The third-order valence-electron chi connectivity index (χ3n) is 5.20. The van der Waals surface area contributed by atoms with E-state index in [0.717, 1.165) is 11.5 Å². The van der Waals surface area contributed by atoms with Crippen molar-refractivity contribution in [2.24, 2.45) is 23.7 Å². The van der Waals surface area contributed by atoms with E-state index in [-0.39, 0.29) is 42.1 Å². The number of carbonyl (C=O) groups excluding carboxylic acids is 3. The van der Waals surface area contributed by atoms with E-state index in [4.69, 9.17) is 9.57 Å². The van der Waals surface area contributed by atoms with Crippen molar-refractivity contribution in [2.75, 3.05) is 7.11 Å². The second kappa shape index (κ2) is 5.56. The molecule has 124 valence electrons. The number of benzene rings is 1. The normalized spacial score (nSPS) is 30.1. The zero-order chi connectivity index (χ0) is 16.8. The molecular weight excluding hydrogens is 310 g/mol. The number of carbonyl (C=O) groups is 3. The van der Waals surface area contributed by atoms with Gasteiger partial charge in [-0.25, -0.2) is 4.79 Å². The fraction of sp³-hybridized carbons (Fsp3) is 0.389. The molecule has 1 heterocycles. The van der Waals surface area contributed by atoms with Gasteiger partial charge in [0.2, 0.25) is 0 Å². The maximum atomic E-state index is 12.5. The second-order valence-electron chi connectivity index (χ2n) is 6.39. The quantitative estimate of drug-likeness (QED) is 0.478. The Morgan fingerprint density at radius 3 is 2.38 bits per heavy atom. The third-order valence-corrected chi connectivity index (χ3v) is 5.20. The Hall–Kier alpha value is -2.47. The molecule has 1 saturated heterocycles. The Morgan fingerprint density at radius 2 is 1.75 bits per heavy atom. The van der Waals surface area contributed by atoms with E-state index in [0.29, 0.717) is 11.1 Å². The molecule has 4 unspecified atom stereocenters. The maximum absolute atomic E-state index is 12.5. The van der Waals surface area contributed by atoms with E-state index < -0.39 is 5.97 Å². The van der Waals surface area contributed by atoms with Gasteiger partial charge in [-0.1, -0.05) is 30.4 Å². The van der Waals surface area contributed by atoms with Gasteiger partial charge in [-0.3, -0.25) is 14.4 Å². The van der Waals surface area contributed by atoms with E-state index in [9.17, 15) is 14.4 Å². The number of imide groups is 1. The molecule has 0 spiro atoms. The van der Waals surface area contributed by atoms with Crippen molar-refractivity contribution >= 4 is 17.8 Å². The van der Waals surface area contributed by atoms with Gasteiger partial charge >= 0.3 is 5.97 Å². The van der Waals surface area contributed by atoms with Gasteiger partial charge in [0.1, 0.15) is 6.61 Å². The van der Waals surface area contributed by atoms with Crippen LogP contribution in [-0.2, 0) is 25.8 Å². The van der Waals surface area contributed by atoms with Crippen molar-refractivity contribution in [2.45, 2.75) is 13.0 Å². The van der Waals surface area contributed by atoms with Gasteiger partial charge in [0, 0.05) is 0 Å². The first-order valence-corrected chi connectivity index (χ1v) is 7.97. The number of allylic oxidation sites excluding steroid dienone is 2. The van der Waals surface area contributed by atoms with Crippen LogP contribution < -0.4 is 0 Å². The van der Waals surface area contributed by atoms with Crippen LogP contribution in [0.5, 0.6) is 0 Å². The molecule has 1 aliphatic heterocycles. The number of amides is 2. The molecule has 4 rings (SSSR count). The van der Waals surface area contributed by atoms with Gasteiger partial charge in [0.05, 0.1) is 24.5 Å². The fourth-order valence-electron chi connectivity index (χ4n) is 4.09. The highest BCUT2D eigenvalue weighted by molar-refractivity contribution is 6.05. The summed E-state index contributed by atoms with van der Waals surface area (Å²) < 4.78 is 4.74. The standard InChI is InChI=1S/C18H17NO5/c1-23-18(22)13-5-3-2-4-12(13)9-24-19-16(20)14-10-6-7-11(8-10)15(14)17(19)21/h2-7,10-11,14-15H,8-9H2,1H3. The molecule has 1 saturated carbocycles. The lowest BCUT2D eigenvalue weighted by Crippen LogP contribution is -2.33. The molecule has 3 aliphatic rings. The molecule has 1 aromatic carbocycles. The summed E-state index contributed by atoms with van der Waals surface area (Å²) in [7, 11) is 1.30. The number of hydrogen-bond donors (Lipinski definition) is 0. The minimum absolute atomic E-state index is 0.0368. The molecule has 0 radical (unpaired) electrons. The van der Waals surface area contributed by atoms with Gasteiger partial charge in [-0.15, -0.1) is 0 Å². The third kappa shape index (κ3) is 2.10. The summed E-state index contributed by atoms with van der Waals surface area (Å²) in [6.45, 7) is -0.0368. The Labute approximate surface area is 139 Å². The maximum Gasteiger partial charge on any atom is 0.338 e. The lowest BCUT2D eigenvalue weighted by molar-refractivity contribution is -0.194. The van der Waals surface area contributed by atoms with Crippen LogP contribution in [0.1, 0.15) is 22.3 Å². The molecule has 6 nitrogen and oxygen atoms in total. The largest absolute Gasteiger partial charge is 0.465 e. The first-order chi connectivity index (χ1) is 11.6. The molecular formula is C18H17NO5. The van der Waals surface area contributed by atoms with Crippen LogP contribution in [-0.4, -0.2) is 30.0 Å². The van der Waals surface area contributed by atoms with Gasteiger partial charge in [-0.2, -0.15) is 5.06 Å². The number of hydroxylamine groups is 2. The number of fused-ring (bicyclic) bond motifs is 5. The first-order valence-electron chi connectivity index (χ1n) is 7.97.